The number of nitrogens with zero attached hydrogens (tertiary/aromatic N) is 3. The number of carbonyl (C=O) groups excluding carboxylic acids is 3. The predicted octanol–water partition coefficient (Wildman–Crippen LogP) is 3.67. The summed E-state index contributed by atoms with van der Waals surface area (Å²) >= 11 is 0. The zero-order valence-electron chi connectivity index (χ0n) is 23.7. The molecule has 0 aliphatic rings. The Balaban J connectivity index is 1.41. The first-order chi connectivity index (χ1) is 19.6. The van der Waals surface area contributed by atoms with Crippen molar-refractivity contribution >= 4 is 40.5 Å². The minimum absolute atomic E-state index is 0.178. The molecule has 0 saturated carbocycles. The predicted molar refractivity (Wildman–Crippen MR) is 158 cm³/mol. The number of likely N-dealkylation sites (N-methyl/N-ethyl adjacent to an activating group) is 1. The van der Waals surface area contributed by atoms with Crippen molar-refractivity contribution in [3.8, 4) is 11.8 Å². The first-order valence-corrected chi connectivity index (χ1v) is 12.9. The minimum Gasteiger partial charge on any atom is -0.487 e. The quantitative estimate of drug-likeness (QED) is 0.287. The van der Waals surface area contributed by atoms with Crippen molar-refractivity contribution in [1.82, 2.24) is 14.9 Å². The molecule has 10 heteroatoms. The number of aromatic nitrogens is 2. The Morgan fingerprint density at radius 3 is 2.49 bits per heavy atom. The maximum absolute atomic E-state index is 13.0. The van der Waals surface area contributed by atoms with Crippen LogP contribution in [0.4, 0.5) is 5.69 Å². The van der Waals surface area contributed by atoms with E-state index < -0.39 is 11.8 Å². The van der Waals surface area contributed by atoms with Gasteiger partial charge in [-0.05, 0) is 72.5 Å². The van der Waals surface area contributed by atoms with E-state index in [4.69, 9.17) is 15.2 Å². The van der Waals surface area contributed by atoms with Crippen molar-refractivity contribution in [1.29, 1.82) is 0 Å². The van der Waals surface area contributed by atoms with Gasteiger partial charge < -0.3 is 25.4 Å². The zero-order valence-corrected chi connectivity index (χ0v) is 23.7. The summed E-state index contributed by atoms with van der Waals surface area (Å²) in [4.78, 5) is 42.5. The van der Waals surface area contributed by atoms with Crippen LogP contribution < -0.4 is 25.4 Å². The van der Waals surface area contributed by atoms with E-state index in [-0.39, 0.29) is 19.1 Å². The highest BCUT2D eigenvalue weighted by Crippen LogP contribution is 2.31. The Morgan fingerprint density at radius 1 is 1.07 bits per heavy atom. The minimum atomic E-state index is -0.521. The number of para-hydroxylation sites is 1. The average molecular weight is 556 g/mol. The number of ether oxygens (including phenoxy) is 2. The van der Waals surface area contributed by atoms with E-state index in [2.05, 4.69) is 10.3 Å². The van der Waals surface area contributed by atoms with Crippen LogP contribution in [0.1, 0.15) is 32.6 Å². The number of nitrogens with one attached hydrogen (secondary N) is 1. The summed E-state index contributed by atoms with van der Waals surface area (Å²) in [6.07, 6.45) is 2.92. The fraction of sp³-hybridized carbons (Fsp3) is 0.226. The van der Waals surface area contributed by atoms with Crippen molar-refractivity contribution in [2.24, 2.45) is 12.8 Å². The van der Waals surface area contributed by atoms with Crippen LogP contribution in [-0.4, -0.2) is 48.0 Å². The van der Waals surface area contributed by atoms with Gasteiger partial charge in [-0.1, -0.05) is 24.3 Å². The molecule has 0 spiro atoms. The lowest BCUT2D eigenvalue weighted by molar-refractivity contribution is -0.122. The van der Waals surface area contributed by atoms with Gasteiger partial charge in [-0.3, -0.25) is 19.0 Å². The molecule has 4 aromatic rings. The summed E-state index contributed by atoms with van der Waals surface area (Å²) in [5, 5.41) is 2.62. The number of carbonyl (C=O) groups is 3. The first-order valence-electron chi connectivity index (χ1n) is 12.9. The van der Waals surface area contributed by atoms with E-state index in [9.17, 15) is 14.4 Å². The molecule has 3 N–H and O–H groups in total. The SMILES string of the molecule is COc1nc2c(OCc3c(C)ccc(N(C)C(=O)CNC(=O)/C=C/c4ccc(C(N)=O)cc4)c3C)cccc2n1C. The van der Waals surface area contributed by atoms with Crippen LogP contribution in [0.5, 0.6) is 11.8 Å². The molecule has 1 heterocycles. The third-order valence-corrected chi connectivity index (χ3v) is 6.96. The molecular formula is C31H33N5O5. The molecule has 1 aromatic heterocycles. The van der Waals surface area contributed by atoms with Gasteiger partial charge in [-0.25, -0.2) is 0 Å². The lowest BCUT2D eigenvalue weighted by Crippen LogP contribution is -2.38. The molecule has 41 heavy (non-hydrogen) atoms. The number of fused-ring (bicyclic) bond motifs is 1. The molecule has 0 saturated heterocycles. The molecule has 3 aromatic carbocycles. The fourth-order valence-corrected chi connectivity index (χ4v) is 4.49. The largest absolute Gasteiger partial charge is 0.487 e. The maximum Gasteiger partial charge on any atom is 0.296 e. The van der Waals surface area contributed by atoms with Crippen LogP contribution in [0, 0.1) is 13.8 Å². The van der Waals surface area contributed by atoms with E-state index in [1.54, 1.807) is 44.5 Å². The smallest absolute Gasteiger partial charge is 0.296 e. The Labute approximate surface area is 238 Å². The van der Waals surface area contributed by atoms with Gasteiger partial charge in [0.05, 0.1) is 19.2 Å². The van der Waals surface area contributed by atoms with Crippen molar-refractivity contribution < 1.29 is 23.9 Å². The fourth-order valence-electron chi connectivity index (χ4n) is 4.49. The second-order valence-corrected chi connectivity index (χ2v) is 9.57. The van der Waals surface area contributed by atoms with Gasteiger partial charge in [0, 0.05) is 31.4 Å². The third-order valence-electron chi connectivity index (χ3n) is 6.96. The standard InChI is InChI=1S/C31H33N5O5/c1-19-9-15-24(20(2)23(19)18-41-26-8-6-7-25-29(26)34-31(40-5)36(25)4)35(3)28(38)17-33-27(37)16-12-21-10-13-22(14-11-21)30(32)39/h6-16H,17-18H2,1-5H3,(H2,32,39)(H,33,37)/b16-12+. The van der Waals surface area contributed by atoms with Gasteiger partial charge in [0.1, 0.15) is 17.9 Å². The number of hydrogen-bond acceptors (Lipinski definition) is 6. The highest BCUT2D eigenvalue weighted by atomic mass is 16.5. The van der Waals surface area contributed by atoms with Gasteiger partial charge in [-0.2, -0.15) is 4.98 Å². The number of primary amides is 1. The summed E-state index contributed by atoms with van der Waals surface area (Å²) in [7, 11) is 5.13. The summed E-state index contributed by atoms with van der Waals surface area (Å²) in [6.45, 7) is 4.05. The van der Waals surface area contributed by atoms with Gasteiger partial charge in [-0.15, -0.1) is 0 Å². The van der Waals surface area contributed by atoms with Crippen LogP contribution in [0.25, 0.3) is 17.1 Å². The molecule has 3 amide bonds. The van der Waals surface area contributed by atoms with Crippen LogP contribution in [-0.2, 0) is 23.2 Å². The highest BCUT2D eigenvalue weighted by Gasteiger charge is 2.18. The van der Waals surface area contributed by atoms with Crippen molar-refractivity contribution in [3.63, 3.8) is 0 Å². The number of methoxy groups -OCH3 is 1. The molecule has 0 fully saturated rings. The van der Waals surface area contributed by atoms with Crippen LogP contribution >= 0.6 is 0 Å². The monoisotopic (exact) mass is 555 g/mol. The summed E-state index contributed by atoms with van der Waals surface area (Å²) in [6, 6.07) is 16.6. The van der Waals surface area contributed by atoms with E-state index in [0.29, 0.717) is 22.8 Å². The Kier molecular flexibility index (Phi) is 8.72. The van der Waals surface area contributed by atoms with Crippen molar-refractivity contribution in [2.75, 3.05) is 25.6 Å². The van der Waals surface area contributed by atoms with E-state index in [1.807, 2.05) is 55.8 Å². The van der Waals surface area contributed by atoms with E-state index in [1.165, 1.54) is 11.0 Å². The molecule has 0 unspecified atom stereocenters. The molecule has 0 bridgehead atoms. The first kappa shape index (κ1) is 28.9. The molecular weight excluding hydrogens is 522 g/mol. The van der Waals surface area contributed by atoms with Crippen molar-refractivity contribution in [2.45, 2.75) is 20.5 Å². The number of aryl methyl sites for hydroxylation is 2. The lowest BCUT2D eigenvalue weighted by Gasteiger charge is -2.23. The number of anilines is 1. The third kappa shape index (κ3) is 6.38. The number of imidazole rings is 1. The Morgan fingerprint density at radius 2 is 1.80 bits per heavy atom. The summed E-state index contributed by atoms with van der Waals surface area (Å²) in [5.41, 5.74) is 11.5. The van der Waals surface area contributed by atoms with Gasteiger partial charge >= 0.3 is 0 Å². The van der Waals surface area contributed by atoms with Gasteiger partial charge in [0.2, 0.25) is 17.7 Å². The van der Waals surface area contributed by atoms with E-state index >= 15 is 0 Å². The second kappa shape index (κ2) is 12.4. The average Bonchev–Trinajstić information content (AvgIpc) is 3.30. The van der Waals surface area contributed by atoms with E-state index in [0.717, 1.165) is 33.5 Å². The number of nitrogens with two attached hydrogens (primary N) is 1. The molecule has 0 aliphatic carbocycles. The lowest BCUT2D eigenvalue weighted by atomic mass is 10.0. The number of benzene rings is 3. The maximum atomic E-state index is 13.0. The second-order valence-electron chi connectivity index (χ2n) is 9.57. The summed E-state index contributed by atoms with van der Waals surface area (Å²) < 4.78 is 13.4. The molecule has 0 radical (unpaired) electrons. The zero-order chi connectivity index (χ0) is 29.7. The van der Waals surface area contributed by atoms with Crippen LogP contribution in [0.15, 0.2) is 60.7 Å². The molecule has 212 valence electrons. The normalized spacial score (nSPS) is 11.0. The Bertz CT molecular complexity index is 1640. The Hall–Kier alpha value is -5.12. The highest BCUT2D eigenvalue weighted by molar-refractivity contribution is 5.99. The summed E-state index contributed by atoms with van der Waals surface area (Å²) in [5.74, 6) is -0.579. The van der Waals surface area contributed by atoms with Gasteiger partial charge in [0.15, 0.2) is 0 Å². The topological polar surface area (TPSA) is 129 Å². The number of amides is 3. The molecule has 4 rings (SSSR count). The number of hydrogen-bond donors (Lipinski definition) is 2. The number of rotatable bonds is 10. The molecule has 0 atom stereocenters. The van der Waals surface area contributed by atoms with Crippen molar-refractivity contribution in [3.05, 3.63) is 88.5 Å². The van der Waals surface area contributed by atoms with Gasteiger partial charge in [0.25, 0.3) is 6.01 Å². The molecule has 0 aliphatic heterocycles. The molecule has 10 nitrogen and oxygen atoms in total. The van der Waals surface area contributed by atoms with Crippen LogP contribution in [0.2, 0.25) is 0 Å². The van der Waals surface area contributed by atoms with Crippen LogP contribution in [0.3, 0.4) is 0 Å².